The maximum Gasteiger partial charge on any atom is 0.240 e. The van der Waals surface area contributed by atoms with Gasteiger partial charge >= 0.3 is 0 Å². The highest BCUT2D eigenvalue weighted by atomic mass is 16.5. The first kappa shape index (κ1) is 13.5. The van der Waals surface area contributed by atoms with Gasteiger partial charge in [-0.15, -0.1) is 0 Å². The van der Waals surface area contributed by atoms with Crippen LogP contribution in [0, 0.1) is 5.92 Å². The molecule has 1 saturated heterocycles. The molecule has 0 spiro atoms. The van der Waals surface area contributed by atoms with E-state index < -0.39 is 0 Å². The Balaban J connectivity index is 1.90. The summed E-state index contributed by atoms with van der Waals surface area (Å²) in [6.45, 7) is 4.71. The van der Waals surface area contributed by atoms with Gasteiger partial charge in [-0.3, -0.25) is 4.90 Å². The zero-order valence-corrected chi connectivity index (χ0v) is 11.0. The molecular weight excluding hydrogens is 234 g/mol. The number of likely N-dealkylation sites (tertiary alicyclic amines) is 1. The van der Waals surface area contributed by atoms with Gasteiger partial charge in [-0.25, -0.2) is 0 Å². The van der Waals surface area contributed by atoms with Crippen molar-refractivity contribution < 1.29 is 14.4 Å². The largest absolute Gasteiger partial charge is 0.396 e. The fourth-order valence-corrected chi connectivity index (χ4v) is 2.24. The monoisotopic (exact) mass is 255 g/mol. The van der Waals surface area contributed by atoms with Crippen LogP contribution in [0.4, 0.5) is 0 Å². The molecule has 1 aliphatic heterocycles. The lowest BCUT2D eigenvalue weighted by Gasteiger charge is -2.30. The van der Waals surface area contributed by atoms with Gasteiger partial charge < -0.3 is 14.4 Å². The minimum atomic E-state index is -0.144. The molecule has 0 bridgehead atoms. The molecular formula is C12H21N3O3. The highest BCUT2D eigenvalue weighted by Gasteiger charge is 2.21. The van der Waals surface area contributed by atoms with Gasteiger partial charge in [-0.1, -0.05) is 5.16 Å². The van der Waals surface area contributed by atoms with Gasteiger partial charge in [0, 0.05) is 20.3 Å². The van der Waals surface area contributed by atoms with E-state index >= 15 is 0 Å². The maximum absolute atomic E-state index is 9.19. The molecule has 0 aromatic carbocycles. The third kappa shape index (κ3) is 3.28. The van der Waals surface area contributed by atoms with Crippen molar-refractivity contribution in [3.63, 3.8) is 0 Å². The van der Waals surface area contributed by atoms with E-state index in [1.165, 1.54) is 0 Å². The lowest BCUT2D eigenvalue weighted by Crippen LogP contribution is -2.36. The van der Waals surface area contributed by atoms with Gasteiger partial charge in [-0.2, -0.15) is 4.98 Å². The predicted octanol–water partition coefficient (Wildman–Crippen LogP) is 0.981. The lowest BCUT2D eigenvalue weighted by molar-refractivity contribution is 0.106. The Morgan fingerprint density at radius 2 is 2.44 bits per heavy atom. The van der Waals surface area contributed by atoms with Gasteiger partial charge in [0.25, 0.3) is 0 Å². The van der Waals surface area contributed by atoms with E-state index in [-0.39, 0.29) is 12.7 Å². The van der Waals surface area contributed by atoms with Crippen molar-refractivity contribution in [1.29, 1.82) is 0 Å². The van der Waals surface area contributed by atoms with Crippen LogP contribution in [-0.4, -0.2) is 47.0 Å². The van der Waals surface area contributed by atoms with E-state index in [9.17, 15) is 5.11 Å². The summed E-state index contributed by atoms with van der Waals surface area (Å²) in [6.07, 6.45) is 2.07. The highest BCUT2D eigenvalue weighted by Crippen LogP contribution is 2.18. The first-order valence-electron chi connectivity index (χ1n) is 6.41. The smallest absolute Gasteiger partial charge is 0.240 e. The second kappa shape index (κ2) is 6.26. The standard InChI is InChI=1S/C12H21N3O3/c1-9(17-2)12-13-11(18-14-12)7-15-5-3-4-10(6-15)8-16/h9-10,16H,3-8H2,1-2H3. The normalized spacial score (nSPS) is 23.2. The molecule has 1 aliphatic rings. The van der Waals surface area contributed by atoms with Crippen molar-refractivity contribution in [2.75, 3.05) is 26.8 Å². The van der Waals surface area contributed by atoms with Crippen LogP contribution < -0.4 is 0 Å². The maximum atomic E-state index is 9.19. The minimum Gasteiger partial charge on any atom is -0.396 e. The van der Waals surface area contributed by atoms with Gasteiger partial charge in [-0.05, 0) is 32.2 Å². The molecule has 1 N–H and O–H groups in total. The summed E-state index contributed by atoms with van der Waals surface area (Å²) < 4.78 is 10.4. The van der Waals surface area contributed by atoms with E-state index in [4.69, 9.17) is 9.26 Å². The molecule has 6 heteroatoms. The Kier molecular flexibility index (Phi) is 4.68. The molecule has 1 aromatic rings. The van der Waals surface area contributed by atoms with E-state index in [0.29, 0.717) is 24.2 Å². The summed E-state index contributed by atoms with van der Waals surface area (Å²) in [5, 5.41) is 13.1. The van der Waals surface area contributed by atoms with Gasteiger partial charge in [0.1, 0.15) is 6.10 Å². The zero-order chi connectivity index (χ0) is 13.0. The number of aliphatic hydroxyl groups excluding tert-OH is 1. The summed E-state index contributed by atoms with van der Waals surface area (Å²) in [6, 6.07) is 0. The molecule has 0 amide bonds. The first-order valence-corrected chi connectivity index (χ1v) is 6.41. The Labute approximate surface area is 107 Å². The molecule has 2 rings (SSSR count). The molecule has 18 heavy (non-hydrogen) atoms. The number of aromatic nitrogens is 2. The van der Waals surface area contributed by atoms with Crippen molar-refractivity contribution in [2.24, 2.45) is 5.92 Å². The van der Waals surface area contributed by atoms with E-state index in [1.807, 2.05) is 6.92 Å². The van der Waals surface area contributed by atoms with Gasteiger partial charge in [0.2, 0.25) is 5.89 Å². The zero-order valence-electron chi connectivity index (χ0n) is 11.0. The Bertz CT molecular complexity index is 369. The number of aliphatic hydroxyl groups is 1. The molecule has 1 aromatic heterocycles. The Morgan fingerprint density at radius 3 is 3.17 bits per heavy atom. The van der Waals surface area contributed by atoms with Crippen LogP contribution in [0.15, 0.2) is 4.52 Å². The second-order valence-electron chi connectivity index (χ2n) is 4.85. The van der Waals surface area contributed by atoms with E-state index in [2.05, 4.69) is 15.0 Å². The number of methoxy groups -OCH3 is 1. The number of hydrogen-bond donors (Lipinski definition) is 1. The quantitative estimate of drug-likeness (QED) is 0.845. The number of piperidine rings is 1. The van der Waals surface area contributed by atoms with Crippen molar-refractivity contribution >= 4 is 0 Å². The van der Waals surface area contributed by atoms with Gasteiger partial charge in [0.05, 0.1) is 6.54 Å². The molecule has 0 saturated carbocycles. The average molecular weight is 255 g/mol. The van der Waals surface area contributed by atoms with Crippen LogP contribution in [0.2, 0.25) is 0 Å². The molecule has 0 aliphatic carbocycles. The van der Waals surface area contributed by atoms with Gasteiger partial charge in [0.15, 0.2) is 5.82 Å². The van der Waals surface area contributed by atoms with Crippen molar-refractivity contribution in [2.45, 2.75) is 32.4 Å². The molecule has 6 nitrogen and oxygen atoms in total. The average Bonchev–Trinajstić information content (AvgIpc) is 2.86. The molecule has 1 fully saturated rings. The fourth-order valence-electron chi connectivity index (χ4n) is 2.24. The van der Waals surface area contributed by atoms with Crippen LogP contribution in [0.3, 0.4) is 0 Å². The van der Waals surface area contributed by atoms with Crippen LogP contribution in [0.1, 0.15) is 37.6 Å². The molecule has 0 radical (unpaired) electrons. The Morgan fingerprint density at radius 1 is 1.61 bits per heavy atom. The fraction of sp³-hybridized carbons (Fsp3) is 0.833. The Hall–Kier alpha value is -0.980. The van der Waals surface area contributed by atoms with E-state index in [1.54, 1.807) is 7.11 Å². The third-order valence-electron chi connectivity index (χ3n) is 3.42. The number of nitrogens with zero attached hydrogens (tertiary/aromatic N) is 3. The van der Waals surface area contributed by atoms with Crippen LogP contribution in [-0.2, 0) is 11.3 Å². The number of rotatable bonds is 5. The summed E-state index contributed by atoms with van der Waals surface area (Å²) in [5.74, 6) is 1.58. The van der Waals surface area contributed by atoms with Crippen LogP contribution in [0.5, 0.6) is 0 Å². The SMILES string of the molecule is COC(C)c1noc(CN2CCCC(CO)C2)n1. The number of ether oxygens (including phenoxy) is 1. The highest BCUT2D eigenvalue weighted by molar-refractivity contribution is 4.90. The van der Waals surface area contributed by atoms with Crippen molar-refractivity contribution in [1.82, 2.24) is 15.0 Å². The van der Waals surface area contributed by atoms with Crippen molar-refractivity contribution in [3.8, 4) is 0 Å². The number of hydrogen-bond acceptors (Lipinski definition) is 6. The predicted molar refractivity (Wildman–Crippen MR) is 64.8 cm³/mol. The third-order valence-corrected chi connectivity index (χ3v) is 3.42. The van der Waals surface area contributed by atoms with Crippen molar-refractivity contribution in [3.05, 3.63) is 11.7 Å². The summed E-state index contributed by atoms with van der Waals surface area (Å²) in [5.41, 5.74) is 0. The molecule has 2 atom stereocenters. The molecule has 102 valence electrons. The van der Waals surface area contributed by atoms with Crippen LogP contribution >= 0.6 is 0 Å². The molecule has 2 unspecified atom stereocenters. The summed E-state index contributed by atoms with van der Waals surface area (Å²) in [4.78, 5) is 6.57. The second-order valence-corrected chi connectivity index (χ2v) is 4.85. The minimum absolute atomic E-state index is 0.144. The van der Waals surface area contributed by atoms with E-state index in [0.717, 1.165) is 25.9 Å². The topological polar surface area (TPSA) is 71.6 Å². The first-order chi connectivity index (χ1) is 8.72. The molecule has 2 heterocycles. The van der Waals surface area contributed by atoms with Crippen LogP contribution in [0.25, 0.3) is 0 Å². The summed E-state index contributed by atoms with van der Waals surface area (Å²) in [7, 11) is 1.62. The lowest BCUT2D eigenvalue weighted by atomic mass is 9.99. The summed E-state index contributed by atoms with van der Waals surface area (Å²) >= 11 is 0.